The number of rotatable bonds is 3. The molecule has 2 aromatic carbocycles. The van der Waals surface area contributed by atoms with Crippen molar-refractivity contribution in [3.05, 3.63) is 64.0 Å². The minimum atomic E-state index is -0.636. The highest BCUT2D eigenvalue weighted by Gasteiger charge is 2.39. The number of carbonyl (C=O) groups excluding carboxylic acids is 3. The van der Waals surface area contributed by atoms with Gasteiger partial charge in [-0.25, -0.2) is 0 Å². The maximum absolute atomic E-state index is 12.9. The average molecular weight is 361 g/mol. The molecular weight excluding hydrogens is 346 g/mol. The van der Waals surface area contributed by atoms with Crippen LogP contribution in [0.15, 0.2) is 47.6 Å². The van der Waals surface area contributed by atoms with Crippen LogP contribution in [-0.2, 0) is 16.1 Å². The van der Waals surface area contributed by atoms with E-state index in [0.29, 0.717) is 24.2 Å². The van der Waals surface area contributed by atoms with E-state index >= 15 is 0 Å². The molecule has 4 rings (SSSR count). The molecule has 1 saturated heterocycles. The van der Waals surface area contributed by atoms with Gasteiger partial charge in [-0.05, 0) is 34.7 Å². The molecule has 0 saturated carbocycles. The Morgan fingerprint density at radius 2 is 1.81 bits per heavy atom. The van der Waals surface area contributed by atoms with Gasteiger partial charge in [0.05, 0.1) is 0 Å². The highest BCUT2D eigenvalue weighted by Crippen LogP contribution is 2.35. The first-order valence-corrected chi connectivity index (χ1v) is 8.50. The van der Waals surface area contributed by atoms with Gasteiger partial charge in [0.25, 0.3) is 5.91 Å². The number of benzene rings is 2. The van der Waals surface area contributed by atoms with E-state index < -0.39 is 11.9 Å². The smallest absolute Gasteiger partial charge is 0.255 e. The highest BCUT2D eigenvalue weighted by molar-refractivity contribution is 6.06. The van der Waals surface area contributed by atoms with Gasteiger partial charge in [0.15, 0.2) is 0 Å². The van der Waals surface area contributed by atoms with Crippen LogP contribution < -0.4 is 5.32 Å². The van der Waals surface area contributed by atoms with Crippen molar-refractivity contribution < 1.29 is 14.4 Å². The summed E-state index contributed by atoms with van der Waals surface area (Å²) in [6.07, 6.45) is 0.560. The lowest BCUT2D eigenvalue weighted by Gasteiger charge is -2.29. The van der Waals surface area contributed by atoms with E-state index in [1.807, 2.05) is 18.2 Å². The van der Waals surface area contributed by atoms with E-state index in [9.17, 15) is 14.4 Å². The van der Waals surface area contributed by atoms with Crippen molar-refractivity contribution in [2.45, 2.75) is 25.4 Å². The molecule has 2 heterocycles. The summed E-state index contributed by atoms with van der Waals surface area (Å²) in [6.45, 7) is 0.314. The number of fused-ring (bicyclic) bond motifs is 1. The first-order valence-electron chi connectivity index (χ1n) is 8.50. The summed E-state index contributed by atoms with van der Waals surface area (Å²) in [5.74, 6) is -0.930. The van der Waals surface area contributed by atoms with Crippen LogP contribution in [0.5, 0.6) is 0 Å². The molecule has 2 aliphatic rings. The molecule has 1 fully saturated rings. The van der Waals surface area contributed by atoms with Gasteiger partial charge in [0, 0.05) is 29.1 Å². The summed E-state index contributed by atoms with van der Waals surface area (Å²) in [5.41, 5.74) is 12.2. The Bertz CT molecular complexity index is 1010. The lowest BCUT2D eigenvalue weighted by molar-refractivity contribution is -0.136. The van der Waals surface area contributed by atoms with Crippen molar-refractivity contribution in [2.75, 3.05) is 0 Å². The summed E-state index contributed by atoms with van der Waals surface area (Å²) < 4.78 is 0. The Hall–Kier alpha value is -3.64. The molecule has 1 N–H and O–H groups in total. The fourth-order valence-corrected chi connectivity index (χ4v) is 3.62. The number of nitrogens with one attached hydrogen (secondary N) is 1. The van der Waals surface area contributed by atoms with Crippen LogP contribution in [0.3, 0.4) is 0 Å². The molecule has 0 aliphatic carbocycles. The summed E-state index contributed by atoms with van der Waals surface area (Å²) >= 11 is 0. The topological polar surface area (TPSA) is 115 Å². The number of nitrogens with zero attached hydrogens (tertiary/aromatic N) is 4. The first kappa shape index (κ1) is 16.8. The molecule has 8 heteroatoms. The number of azide groups is 1. The van der Waals surface area contributed by atoms with Crippen LogP contribution in [0, 0.1) is 0 Å². The van der Waals surface area contributed by atoms with Gasteiger partial charge in [-0.15, -0.1) is 0 Å². The normalized spacial score (nSPS) is 18.7. The Morgan fingerprint density at radius 3 is 2.52 bits per heavy atom. The molecule has 1 unspecified atom stereocenters. The molecule has 27 heavy (non-hydrogen) atoms. The van der Waals surface area contributed by atoms with Crippen molar-refractivity contribution in [1.29, 1.82) is 0 Å². The molecule has 0 radical (unpaired) electrons. The third kappa shape index (κ3) is 2.92. The predicted molar refractivity (Wildman–Crippen MR) is 96.7 cm³/mol. The SMILES string of the molecule is [N-]=[N+]=Nc1ccc(-c2cccc3c2CN(C2CCC(=O)NC2=O)C3=O)cc1. The highest BCUT2D eigenvalue weighted by atomic mass is 16.2. The van der Waals surface area contributed by atoms with Gasteiger partial charge >= 0.3 is 0 Å². The Morgan fingerprint density at radius 1 is 1.07 bits per heavy atom. The zero-order valence-electron chi connectivity index (χ0n) is 14.3. The van der Waals surface area contributed by atoms with Crippen LogP contribution in [0.25, 0.3) is 21.6 Å². The monoisotopic (exact) mass is 361 g/mol. The van der Waals surface area contributed by atoms with E-state index in [4.69, 9.17) is 5.53 Å². The zero-order chi connectivity index (χ0) is 19.0. The van der Waals surface area contributed by atoms with Gasteiger partial charge in [-0.3, -0.25) is 19.7 Å². The standard InChI is InChI=1S/C19H15N5O3/c20-23-22-12-6-4-11(5-7-12)13-2-1-3-14-15(13)10-24(19(14)27)16-8-9-17(25)21-18(16)26/h1-7,16H,8-10H2,(H,21,25,26). The molecule has 0 bridgehead atoms. The second-order valence-corrected chi connectivity index (χ2v) is 6.47. The minimum absolute atomic E-state index is 0.202. The molecule has 0 aromatic heterocycles. The lowest BCUT2D eigenvalue weighted by atomic mass is 9.97. The summed E-state index contributed by atoms with van der Waals surface area (Å²) in [6, 6.07) is 11.9. The van der Waals surface area contributed by atoms with E-state index in [1.54, 1.807) is 24.3 Å². The molecule has 2 aromatic rings. The second-order valence-electron chi connectivity index (χ2n) is 6.47. The van der Waals surface area contributed by atoms with Crippen molar-refractivity contribution in [1.82, 2.24) is 10.2 Å². The first-order chi connectivity index (χ1) is 13.1. The molecular formula is C19H15N5O3. The summed E-state index contributed by atoms with van der Waals surface area (Å²) in [7, 11) is 0. The second kappa shape index (κ2) is 6.59. The van der Waals surface area contributed by atoms with Crippen molar-refractivity contribution in [2.24, 2.45) is 5.11 Å². The Balaban J connectivity index is 1.67. The lowest BCUT2D eigenvalue weighted by Crippen LogP contribution is -2.52. The van der Waals surface area contributed by atoms with E-state index in [-0.39, 0.29) is 18.2 Å². The average Bonchev–Trinajstić information content (AvgIpc) is 3.00. The Kier molecular flexibility index (Phi) is 4.10. The van der Waals surface area contributed by atoms with Gasteiger partial charge in [-0.1, -0.05) is 41.5 Å². The van der Waals surface area contributed by atoms with Crippen molar-refractivity contribution in [3.8, 4) is 11.1 Å². The predicted octanol–water partition coefficient (Wildman–Crippen LogP) is 3.06. The van der Waals surface area contributed by atoms with Crippen LogP contribution in [0.1, 0.15) is 28.8 Å². The maximum Gasteiger partial charge on any atom is 0.255 e. The number of imide groups is 1. The molecule has 134 valence electrons. The van der Waals surface area contributed by atoms with Gasteiger partial charge in [0.2, 0.25) is 11.8 Å². The van der Waals surface area contributed by atoms with Gasteiger partial charge in [0.1, 0.15) is 6.04 Å². The number of hydrogen-bond donors (Lipinski definition) is 1. The third-order valence-corrected chi connectivity index (χ3v) is 4.92. The van der Waals surface area contributed by atoms with Gasteiger partial charge < -0.3 is 4.90 Å². The van der Waals surface area contributed by atoms with E-state index in [1.165, 1.54) is 4.90 Å². The molecule has 3 amide bonds. The van der Waals surface area contributed by atoms with Gasteiger partial charge in [-0.2, -0.15) is 0 Å². The number of piperidine rings is 1. The number of hydrogen-bond acceptors (Lipinski definition) is 4. The fraction of sp³-hybridized carbons (Fsp3) is 0.211. The van der Waals surface area contributed by atoms with Crippen molar-refractivity contribution >= 4 is 23.4 Å². The Labute approximate surface area is 154 Å². The molecule has 1 atom stereocenters. The fourth-order valence-electron chi connectivity index (χ4n) is 3.62. The van der Waals surface area contributed by atoms with Crippen molar-refractivity contribution in [3.63, 3.8) is 0 Å². The zero-order valence-corrected chi connectivity index (χ0v) is 14.3. The van der Waals surface area contributed by atoms with E-state index in [0.717, 1.165) is 16.7 Å². The summed E-state index contributed by atoms with van der Waals surface area (Å²) in [4.78, 5) is 40.7. The number of carbonyl (C=O) groups is 3. The maximum atomic E-state index is 12.9. The van der Waals surface area contributed by atoms with Crippen LogP contribution in [0.2, 0.25) is 0 Å². The quantitative estimate of drug-likeness (QED) is 0.392. The molecule has 0 spiro atoms. The number of amides is 3. The van der Waals surface area contributed by atoms with Crippen LogP contribution >= 0.6 is 0 Å². The summed E-state index contributed by atoms with van der Waals surface area (Å²) in [5, 5.41) is 5.87. The van der Waals surface area contributed by atoms with E-state index in [2.05, 4.69) is 15.3 Å². The molecule has 2 aliphatic heterocycles. The molecule has 8 nitrogen and oxygen atoms in total. The minimum Gasteiger partial charge on any atom is -0.322 e. The third-order valence-electron chi connectivity index (χ3n) is 4.92. The largest absolute Gasteiger partial charge is 0.322 e. The van der Waals surface area contributed by atoms with Crippen LogP contribution in [-0.4, -0.2) is 28.7 Å². The van der Waals surface area contributed by atoms with Crippen LogP contribution in [0.4, 0.5) is 5.69 Å².